The third kappa shape index (κ3) is 3.30. The molecule has 0 saturated heterocycles. The van der Waals surface area contributed by atoms with Gasteiger partial charge in [0, 0.05) is 19.5 Å². The van der Waals surface area contributed by atoms with E-state index in [-0.39, 0.29) is 5.78 Å². The zero-order valence-corrected chi connectivity index (χ0v) is 10.7. The van der Waals surface area contributed by atoms with Gasteiger partial charge in [0.1, 0.15) is 5.82 Å². The third-order valence-corrected chi connectivity index (χ3v) is 2.70. The summed E-state index contributed by atoms with van der Waals surface area (Å²) >= 11 is 0. The lowest BCUT2D eigenvalue weighted by atomic mass is 10.1. The maximum absolute atomic E-state index is 11.7. The van der Waals surface area contributed by atoms with E-state index in [2.05, 4.69) is 15.1 Å². The molecule has 0 saturated carbocycles. The first kappa shape index (κ1) is 13.7. The van der Waals surface area contributed by atoms with Gasteiger partial charge in [-0.1, -0.05) is 13.8 Å². The number of nitrogens with one attached hydrogen (secondary N) is 1. The van der Waals surface area contributed by atoms with E-state index in [9.17, 15) is 4.79 Å². The summed E-state index contributed by atoms with van der Waals surface area (Å²) in [5.41, 5.74) is 6.21. The highest BCUT2D eigenvalue weighted by Gasteiger charge is 2.21. The number of aromatic amines is 1. The molecule has 1 aliphatic rings. The molecule has 1 aromatic heterocycles. The molecule has 0 aromatic carbocycles. The van der Waals surface area contributed by atoms with E-state index in [0.29, 0.717) is 13.0 Å². The molecule has 0 amide bonds. The summed E-state index contributed by atoms with van der Waals surface area (Å²) in [4.78, 5) is 13.8. The van der Waals surface area contributed by atoms with Gasteiger partial charge < -0.3 is 10.6 Å². The van der Waals surface area contributed by atoms with Crippen LogP contribution in [0.25, 0.3) is 0 Å². The van der Waals surface area contributed by atoms with Crippen LogP contribution in [0, 0.1) is 0 Å². The molecule has 2 rings (SSSR count). The Bertz CT molecular complexity index is 348. The molecular weight excluding hydrogens is 216 g/mol. The number of Topliss-reactive ketones (excluding diaryl/α,β-unsaturated/α-hetero) is 1. The van der Waals surface area contributed by atoms with Crippen molar-refractivity contribution in [3.8, 4) is 0 Å². The monoisotopic (exact) mass is 238 g/mol. The van der Waals surface area contributed by atoms with Crippen LogP contribution in [-0.2, 0) is 0 Å². The summed E-state index contributed by atoms with van der Waals surface area (Å²) < 4.78 is 0. The van der Waals surface area contributed by atoms with Crippen LogP contribution in [-0.4, -0.2) is 35.6 Å². The van der Waals surface area contributed by atoms with E-state index in [1.807, 2.05) is 13.8 Å². The van der Waals surface area contributed by atoms with Crippen LogP contribution in [0.1, 0.15) is 43.5 Å². The van der Waals surface area contributed by atoms with Gasteiger partial charge in [0.15, 0.2) is 5.78 Å². The molecule has 17 heavy (non-hydrogen) atoms. The summed E-state index contributed by atoms with van der Waals surface area (Å²) in [7, 11) is 0. The van der Waals surface area contributed by atoms with Crippen LogP contribution in [0.5, 0.6) is 0 Å². The van der Waals surface area contributed by atoms with Crippen molar-refractivity contribution in [3.63, 3.8) is 0 Å². The molecule has 96 valence electrons. The number of hydrogen-bond acceptors (Lipinski definition) is 4. The first-order valence-electron chi connectivity index (χ1n) is 6.34. The van der Waals surface area contributed by atoms with Crippen LogP contribution in [0.15, 0.2) is 6.20 Å². The second-order valence-electron chi connectivity index (χ2n) is 3.79. The van der Waals surface area contributed by atoms with Crippen molar-refractivity contribution in [3.05, 3.63) is 11.8 Å². The normalized spacial score (nSPS) is 14.8. The minimum atomic E-state index is 0.189. The fourth-order valence-corrected chi connectivity index (χ4v) is 1.91. The summed E-state index contributed by atoms with van der Waals surface area (Å²) in [5.74, 6) is 1.06. The summed E-state index contributed by atoms with van der Waals surface area (Å²) in [5, 5.41) is 6.84. The molecule has 1 aliphatic heterocycles. The molecule has 0 unspecified atom stereocenters. The lowest BCUT2D eigenvalue weighted by Crippen LogP contribution is -2.27. The number of carbonyl (C=O) groups is 1. The van der Waals surface area contributed by atoms with Crippen LogP contribution in [0.3, 0.4) is 0 Å². The maximum atomic E-state index is 11.7. The molecule has 0 bridgehead atoms. The Labute approximate surface area is 102 Å². The van der Waals surface area contributed by atoms with Crippen LogP contribution >= 0.6 is 0 Å². The van der Waals surface area contributed by atoms with Gasteiger partial charge in [-0.15, -0.1) is 0 Å². The van der Waals surface area contributed by atoms with E-state index in [1.54, 1.807) is 6.20 Å². The van der Waals surface area contributed by atoms with Crippen molar-refractivity contribution in [2.45, 2.75) is 33.1 Å². The number of aromatic nitrogens is 2. The molecule has 2 heterocycles. The molecule has 0 fully saturated rings. The number of anilines is 1. The smallest absolute Gasteiger partial charge is 0.168 e. The Morgan fingerprint density at radius 3 is 3.00 bits per heavy atom. The zero-order chi connectivity index (χ0) is 12.7. The molecule has 1 aromatic rings. The molecule has 0 radical (unpaired) electrons. The first-order chi connectivity index (χ1) is 8.33. The van der Waals surface area contributed by atoms with Crippen molar-refractivity contribution in [2.75, 3.05) is 24.5 Å². The number of nitrogens with two attached hydrogens (primary N) is 1. The number of hydrogen-bond donors (Lipinski definition) is 2. The fraction of sp³-hybridized carbons (Fsp3) is 0.667. The Hall–Kier alpha value is -1.36. The average molecular weight is 238 g/mol. The highest BCUT2D eigenvalue weighted by Crippen LogP contribution is 2.23. The van der Waals surface area contributed by atoms with Gasteiger partial charge in [0.25, 0.3) is 0 Å². The second kappa shape index (κ2) is 7.06. The van der Waals surface area contributed by atoms with E-state index < -0.39 is 0 Å². The van der Waals surface area contributed by atoms with Gasteiger partial charge in [0.2, 0.25) is 0 Å². The van der Waals surface area contributed by atoms with Crippen LogP contribution in [0.2, 0.25) is 0 Å². The second-order valence-corrected chi connectivity index (χ2v) is 3.79. The van der Waals surface area contributed by atoms with Gasteiger partial charge in [-0.05, 0) is 19.4 Å². The Morgan fingerprint density at radius 1 is 1.53 bits per heavy atom. The predicted molar refractivity (Wildman–Crippen MR) is 69.4 cm³/mol. The number of carbonyl (C=O) groups excluding carboxylic acids is 1. The molecule has 0 aliphatic carbocycles. The highest BCUT2D eigenvalue weighted by molar-refractivity contribution is 6.00. The molecule has 0 spiro atoms. The maximum Gasteiger partial charge on any atom is 0.168 e. The topological polar surface area (TPSA) is 75.0 Å². The van der Waals surface area contributed by atoms with Crippen molar-refractivity contribution in [2.24, 2.45) is 5.73 Å². The van der Waals surface area contributed by atoms with Crippen molar-refractivity contribution in [1.29, 1.82) is 0 Å². The van der Waals surface area contributed by atoms with Gasteiger partial charge in [-0.25, -0.2) is 0 Å². The molecule has 5 heteroatoms. The third-order valence-electron chi connectivity index (χ3n) is 2.70. The first-order valence-corrected chi connectivity index (χ1v) is 6.34. The standard InChI is InChI=1S/C10H16N4O.C2H6/c11-4-2-6-14-5-1-3-9(15)8-7-12-13-10(8)14;1-2/h7H,1-6,11H2,(H,12,13);1-2H3. The number of rotatable bonds is 3. The fourth-order valence-electron chi connectivity index (χ4n) is 1.91. The Morgan fingerprint density at radius 2 is 2.29 bits per heavy atom. The van der Waals surface area contributed by atoms with Crippen molar-refractivity contribution >= 4 is 11.6 Å². The zero-order valence-electron chi connectivity index (χ0n) is 10.7. The van der Waals surface area contributed by atoms with Crippen molar-refractivity contribution < 1.29 is 4.79 Å². The van der Waals surface area contributed by atoms with Gasteiger partial charge >= 0.3 is 0 Å². The average Bonchev–Trinajstić information content (AvgIpc) is 2.80. The Balaban J connectivity index is 0.000000686. The number of nitrogens with zero attached hydrogens (tertiary/aromatic N) is 2. The minimum Gasteiger partial charge on any atom is -0.356 e. The predicted octanol–water partition coefficient (Wildman–Crippen LogP) is 1.57. The summed E-state index contributed by atoms with van der Waals surface area (Å²) in [6.45, 7) is 6.47. The summed E-state index contributed by atoms with van der Waals surface area (Å²) in [6, 6.07) is 0. The number of ketones is 1. The quantitative estimate of drug-likeness (QED) is 0.838. The number of fused-ring (bicyclic) bond motifs is 1. The van der Waals surface area contributed by atoms with Gasteiger partial charge in [-0.2, -0.15) is 5.10 Å². The van der Waals surface area contributed by atoms with E-state index in [1.165, 1.54) is 0 Å². The van der Waals surface area contributed by atoms with E-state index in [4.69, 9.17) is 5.73 Å². The van der Waals surface area contributed by atoms with Crippen LogP contribution < -0.4 is 10.6 Å². The largest absolute Gasteiger partial charge is 0.356 e. The van der Waals surface area contributed by atoms with Crippen LogP contribution in [0.4, 0.5) is 5.82 Å². The lowest BCUT2D eigenvalue weighted by molar-refractivity contribution is 0.0984. The van der Waals surface area contributed by atoms with Gasteiger partial charge in [0.05, 0.1) is 11.8 Å². The van der Waals surface area contributed by atoms with E-state index >= 15 is 0 Å². The molecule has 0 atom stereocenters. The number of H-pyrrole nitrogens is 1. The van der Waals surface area contributed by atoms with Crippen molar-refractivity contribution in [1.82, 2.24) is 10.2 Å². The van der Waals surface area contributed by atoms with Gasteiger partial charge in [-0.3, -0.25) is 9.89 Å². The minimum absolute atomic E-state index is 0.189. The SMILES string of the molecule is CC.NCCCN1CCCC(=O)c2cn[nH]c21. The molecular formula is C12H22N4O. The molecule has 5 nitrogen and oxygen atoms in total. The molecule has 3 N–H and O–H groups in total. The lowest BCUT2D eigenvalue weighted by Gasteiger charge is -2.21. The van der Waals surface area contributed by atoms with E-state index in [0.717, 1.165) is 37.3 Å². The summed E-state index contributed by atoms with van der Waals surface area (Å²) in [6.07, 6.45) is 4.09. The Kier molecular flexibility index (Phi) is 5.69. The highest BCUT2D eigenvalue weighted by atomic mass is 16.1.